The first-order valence-electron chi connectivity index (χ1n) is 7.78. The third-order valence-electron chi connectivity index (χ3n) is 4.58. The van der Waals surface area contributed by atoms with Gasteiger partial charge in [0, 0.05) is 6.54 Å². The predicted molar refractivity (Wildman–Crippen MR) is 84.1 cm³/mol. The van der Waals surface area contributed by atoms with E-state index in [9.17, 15) is 4.79 Å². The van der Waals surface area contributed by atoms with Crippen LogP contribution in [-0.4, -0.2) is 30.5 Å². The summed E-state index contributed by atoms with van der Waals surface area (Å²) in [5.41, 5.74) is 7.29. The standard InChI is InChI=1S/C17H26N2O2/c1-4-12(2)16(18)17(20)19-11-5-6-15(19)13-7-9-14(21-3)10-8-13/h7-10,12,15-16H,4-6,11,18H2,1-3H3/t12-,15?,16-/m0/s1. The molecule has 0 spiro atoms. The van der Waals surface area contributed by atoms with Crippen molar-refractivity contribution in [3.63, 3.8) is 0 Å². The van der Waals surface area contributed by atoms with Crippen molar-refractivity contribution in [2.24, 2.45) is 11.7 Å². The van der Waals surface area contributed by atoms with Gasteiger partial charge in [0.05, 0.1) is 19.2 Å². The Hall–Kier alpha value is -1.55. The Labute approximate surface area is 127 Å². The highest BCUT2D eigenvalue weighted by atomic mass is 16.5. The monoisotopic (exact) mass is 290 g/mol. The first-order chi connectivity index (χ1) is 10.1. The summed E-state index contributed by atoms with van der Waals surface area (Å²) in [5.74, 6) is 1.14. The van der Waals surface area contributed by atoms with E-state index in [1.54, 1.807) is 7.11 Å². The van der Waals surface area contributed by atoms with Crippen LogP contribution in [0, 0.1) is 5.92 Å². The van der Waals surface area contributed by atoms with Crippen molar-refractivity contribution in [1.29, 1.82) is 0 Å². The van der Waals surface area contributed by atoms with E-state index in [0.717, 1.165) is 37.1 Å². The van der Waals surface area contributed by atoms with Crippen LogP contribution in [0.15, 0.2) is 24.3 Å². The van der Waals surface area contributed by atoms with Gasteiger partial charge in [0.1, 0.15) is 5.75 Å². The van der Waals surface area contributed by atoms with Gasteiger partial charge in [-0.15, -0.1) is 0 Å². The molecule has 1 aromatic rings. The third kappa shape index (κ3) is 3.38. The summed E-state index contributed by atoms with van der Waals surface area (Å²) in [7, 11) is 1.66. The van der Waals surface area contributed by atoms with Gasteiger partial charge in [-0.3, -0.25) is 4.79 Å². The van der Waals surface area contributed by atoms with Gasteiger partial charge in [-0.25, -0.2) is 0 Å². The number of benzene rings is 1. The SMILES string of the molecule is CC[C@H](C)[C@H](N)C(=O)N1CCCC1c1ccc(OC)cc1. The van der Waals surface area contributed by atoms with Crippen LogP contribution in [0.3, 0.4) is 0 Å². The van der Waals surface area contributed by atoms with Crippen molar-refractivity contribution in [2.45, 2.75) is 45.2 Å². The molecule has 4 heteroatoms. The van der Waals surface area contributed by atoms with Crippen LogP contribution < -0.4 is 10.5 Å². The Morgan fingerprint density at radius 3 is 2.67 bits per heavy atom. The van der Waals surface area contributed by atoms with Crippen LogP contribution in [0.5, 0.6) is 5.75 Å². The van der Waals surface area contributed by atoms with E-state index in [-0.39, 0.29) is 17.9 Å². The van der Waals surface area contributed by atoms with Crippen molar-refractivity contribution >= 4 is 5.91 Å². The molecule has 1 fully saturated rings. The van der Waals surface area contributed by atoms with E-state index in [4.69, 9.17) is 10.5 Å². The summed E-state index contributed by atoms with van der Waals surface area (Å²) in [6.07, 6.45) is 2.97. The maximum Gasteiger partial charge on any atom is 0.240 e. The summed E-state index contributed by atoms with van der Waals surface area (Å²) in [4.78, 5) is 14.6. The van der Waals surface area contributed by atoms with Gasteiger partial charge in [-0.1, -0.05) is 32.4 Å². The molecule has 1 aliphatic rings. The average Bonchev–Trinajstić information content (AvgIpc) is 3.02. The van der Waals surface area contributed by atoms with Gasteiger partial charge in [0.15, 0.2) is 0 Å². The van der Waals surface area contributed by atoms with Crippen molar-refractivity contribution in [1.82, 2.24) is 4.90 Å². The molecule has 1 heterocycles. The third-order valence-corrected chi connectivity index (χ3v) is 4.58. The molecule has 116 valence electrons. The Morgan fingerprint density at radius 2 is 2.10 bits per heavy atom. The highest BCUT2D eigenvalue weighted by Gasteiger charge is 2.34. The zero-order valence-corrected chi connectivity index (χ0v) is 13.2. The summed E-state index contributed by atoms with van der Waals surface area (Å²) >= 11 is 0. The number of hydrogen-bond donors (Lipinski definition) is 1. The molecule has 4 nitrogen and oxygen atoms in total. The zero-order chi connectivity index (χ0) is 15.4. The molecular weight excluding hydrogens is 264 g/mol. The molecule has 1 aliphatic heterocycles. The number of nitrogens with zero attached hydrogens (tertiary/aromatic N) is 1. The summed E-state index contributed by atoms with van der Waals surface area (Å²) in [5, 5.41) is 0. The van der Waals surface area contributed by atoms with Crippen molar-refractivity contribution < 1.29 is 9.53 Å². The van der Waals surface area contributed by atoms with Gasteiger partial charge >= 0.3 is 0 Å². The Balaban J connectivity index is 2.14. The van der Waals surface area contributed by atoms with Gasteiger partial charge < -0.3 is 15.4 Å². The number of ether oxygens (including phenoxy) is 1. The maximum absolute atomic E-state index is 12.6. The number of amides is 1. The smallest absolute Gasteiger partial charge is 0.240 e. The minimum absolute atomic E-state index is 0.0858. The fraction of sp³-hybridized carbons (Fsp3) is 0.588. The van der Waals surface area contributed by atoms with E-state index >= 15 is 0 Å². The Morgan fingerprint density at radius 1 is 1.43 bits per heavy atom. The topological polar surface area (TPSA) is 55.6 Å². The van der Waals surface area contributed by atoms with Gasteiger partial charge in [0.2, 0.25) is 5.91 Å². The number of hydrogen-bond acceptors (Lipinski definition) is 3. The number of nitrogens with two attached hydrogens (primary N) is 1. The number of carbonyl (C=O) groups excluding carboxylic acids is 1. The lowest BCUT2D eigenvalue weighted by molar-refractivity contribution is -0.134. The highest BCUT2D eigenvalue weighted by molar-refractivity contribution is 5.82. The van der Waals surface area contributed by atoms with Gasteiger partial charge in [0.25, 0.3) is 0 Å². The van der Waals surface area contributed by atoms with Crippen molar-refractivity contribution in [3.8, 4) is 5.75 Å². The molecule has 1 amide bonds. The van der Waals surface area contributed by atoms with Crippen LogP contribution in [0.2, 0.25) is 0 Å². The fourth-order valence-electron chi connectivity index (χ4n) is 2.89. The summed E-state index contributed by atoms with van der Waals surface area (Å²) < 4.78 is 5.19. The molecule has 0 saturated carbocycles. The molecule has 2 N–H and O–H groups in total. The lowest BCUT2D eigenvalue weighted by Crippen LogP contribution is -2.46. The molecular formula is C17H26N2O2. The van der Waals surface area contributed by atoms with E-state index in [1.807, 2.05) is 36.1 Å². The van der Waals surface area contributed by atoms with E-state index in [2.05, 4.69) is 6.92 Å². The zero-order valence-electron chi connectivity index (χ0n) is 13.2. The fourth-order valence-corrected chi connectivity index (χ4v) is 2.89. The first-order valence-corrected chi connectivity index (χ1v) is 7.78. The lowest BCUT2D eigenvalue weighted by atomic mass is 9.97. The van der Waals surface area contributed by atoms with Gasteiger partial charge in [-0.05, 0) is 36.5 Å². The lowest BCUT2D eigenvalue weighted by Gasteiger charge is -2.29. The Kier molecular flexibility index (Phi) is 5.23. The molecule has 1 unspecified atom stereocenters. The largest absolute Gasteiger partial charge is 0.497 e. The Bertz CT molecular complexity index is 472. The normalized spacial score (nSPS) is 21.1. The molecule has 1 saturated heterocycles. The van der Waals surface area contributed by atoms with Crippen molar-refractivity contribution in [3.05, 3.63) is 29.8 Å². The number of carbonyl (C=O) groups is 1. The van der Waals surface area contributed by atoms with Crippen LogP contribution >= 0.6 is 0 Å². The van der Waals surface area contributed by atoms with Gasteiger partial charge in [-0.2, -0.15) is 0 Å². The molecule has 0 bridgehead atoms. The maximum atomic E-state index is 12.6. The second kappa shape index (κ2) is 6.94. The second-order valence-electron chi connectivity index (χ2n) is 5.87. The molecule has 3 atom stereocenters. The average molecular weight is 290 g/mol. The van der Waals surface area contributed by atoms with Crippen LogP contribution in [0.25, 0.3) is 0 Å². The number of likely N-dealkylation sites (tertiary alicyclic amines) is 1. The molecule has 21 heavy (non-hydrogen) atoms. The molecule has 0 radical (unpaired) electrons. The minimum atomic E-state index is -0.395. The second-order valence-corrected chi connectivity index (χ2v) is 5.87. The van der Waals surface area contributed by atoms with E-state index in [0.29, 0.717) is 0 Å². The highest BCUT2D eigenvalue weighted by Crippen LogP contribution is 2.33. The van der Waals surface area contributed by atoms with E-state index in [1.165, 1.54) is 0 Å². The summed E-state index contributed by atoms with van der Waals surface area (Å²) in [6, 6.07) is 7.75. The minimum Gasteiger partial charge on any atom is -0.497 e. The van der Waals surface area contributed by atoms with Crippen LogP contribution in [0.1, 0.15) is 44.7 Å². The molecule has 2 rings (SSSR count). The predicted octanol–water partition coefficient (Wildman–Crippen LogP) is 2.73. The van der Waals surface area contributed by atoms with E-state index < -0.39 is 6.04 Å². The molecule has 1 aromatic carbocycles. The van der Waals surface area contributed by atoms with Crippen molar-refractivity contribution in [2.75, 3.05) is 13.7 Å². The first kappa shape index (κ1) is 15.8. The number of methoxy groups -OCH3 is 1. The number of rotatable bonds is 5. The van der Waals surface area contributed by atoms with Crippen LogP contribution in [-0.2, 0) is 4.79 Å². The quantitative estimate of drug-likeness (QED) is 0.907. The summed E-state index contributed by atoms with van der Waals surface area (Å²) in [6.45, 7) is 4.92. The van der Waals surface area contributed by atoms with Crippen LogP contribution in [0.4, 0.5) is 0 Å². The molecule has 0 aliphatic carbocycles. The molecule has 0 aromatic heterocycles.